The Morgan fingerprint density at radius 1 is 0.538 bits per heavy atom. The first kappa shape index (κ1) is 18.4. The van der Waals surface area contributed by atoms with E-state index in [1.54, 1.807) is 0 Å². The van der Waals surface area contributed by atoms with Crippen molar-refractivity contribution in [3.8, 4) is 11.5 Å². The minimum absolute atomic E-state index is 0.465. The van der Waals surface area contributed by atoms with E-state index >= 15 is 0 Å². The van der Waals surface area contributed by atoms with E-state index in [1.165, 1.54) is 0 Å². The molecule has 0 radical (unpaired) electrons. The summed E-state index contributed by atoms with van der Waals surface area (Å²) in [6.45, 7) is 4.76. The number of fused-ring (bicyclic) bond motifs is 2. The van der Waals surface area contributed by atoms with Gasteiger partial charge in [-0.2, -0.15) is 0 Å². The van der Waals surface area contributed by atoms with Crippen LogP contribution in [0.3, 0.4) is 0 Å². The Bertz CT molecular complexity index is 608. The van der Waals surface area contributed by atoms with Crippen LogP contribution in [-0.2, 0) is 9.47 Å². The van der Waals surface area contributed by atoms with Crippen LogP contribution >= 0.6 is 0 Å². The molecule has 1 heterocycles. The zero-order valence-corrected chi connectivity index (χ0v) is 14.9. The van der Waals surface area contributed by atoms with Crippen molar-refractivity contribution in [3.05, 3.63) is 48.5 Å². The highest BCUT2D eigenvalue weighted by Crippen LogP contribution is 2.25. The second kappa shape index (κ2) is 10.5. The van der Waals surface area contributed by atoms with Crippen LogP contribution in [0.15, 0.2) is 48.5 Å². The van der Waals surface area contributed by atoms with Crippen LogP contribution in [0.5, 0.6) is 11.5 Å². The SMILES string of the molecule is c1ccc2c(c1)NCCOCCOCCNc1ccccc1OCCO2. The van der Waals surface area contributed by atoms with Crippen molar-refractivity contribution >= 4 is 11.4 Å². The molecule has 1 aliphatic rings. The lowest BCUT2D eigenvalue weighted by Gasteiger charge is -2.16. The number of hydrogen-bond donors (Lipinski definition) is 2. The van der Waals surface area contributed by atoms with Gasteiger partial charge in [0.1, 0.15) is 24.7 Å². The Morgan fingerprint density at radius 2 is 1.00 bits per heavy atom. The monoisotopic (exact) mass is 358 g/mol. The molecule has 0 amide bonds. The van der Waals surface area contributed by atoms with Gasteiger partial charge < -0.3 is 29.6 Å². The molecule has 0 aliphatic carbocycles. The highest BCUT2D eigenvalue weighted by Gasteiger charge is 2.05. The number of hydrogen-bond acceptors (Lipinski definition) is 6. The van der Waals surface area contributed by atoms with E-state index in [0.717, 1.165) is 22.9 Å². The molecule has 6 nitrogen and oxygen atoms in total. The topological polar surface area (TPSA) is 61.0 Å². The third-order valence-electron chi connectivity index (χ3n) is 3.87. The van der Waals surface area contributed by atoms with Crippen molar-refractivity contribution in [3.63, 3.8) is 0 Å². The van der Waals surface area contributed by atoms with Crippen LogP contribution in [-0.4, -0.2) is 52.7 Å². The summed E-state index contributed by atoms with van der Waals surface area (Å²) in [5, 5.41) is 6.68. The summed E-state index contributed by atoms with van der Waals surface area (Å²) in [4.78, 5) is 0. The summed E-state index contributed by atoms with van der Waals surface area (Å²) in [6.07, 6.45) is 0. The fraction of sp³-hybridized carbons (Fsp3) is 0.400. The summed E-state index contributed by atoms with van der Waals surface area (Å²) >= 11 is 0. The van der Waals surface area contributed by atoms with Crippen molar-refractivity contribution in [2.75, 3.05) is 63.4 Å². The molecule has 0 aromatic heterocycles. The molecule has 3 rings (SSSR count). The lowest BCUT2D eigenvalue weighted by Crippen LogP contribution is -2.17. The maximum absolute atomic E-state index is 5.88. The van der Waals surface area contributed by atoms with Gasteiger partial charge in [0.25, 0.3) is 0 Å². The van der Waals surface area contributed by atoms with E-state index in [0.29, 0.717) is 52.7 Å². The quantitative estimate of drug-likeness (QED) is 0.755. The molecule has 2 N–H and O–H groups in total. The largest absolute Gasteiger partial charge is 0.488 e. The van der Waals surface area contributed by atoms with Gasteiger partial charge in [-0.25, -0.2) is 0 Å². The van der Waals surface area contributed by atoms with E-state index in [4.69, 9.17) is 18.9 Å². The molecule has 1 aliphatic heterocycles. The minimum atomic E-state index is 0.465. The standard InChI is InChI=1S/C20H26N2O4/c1-3-7-19-17(5-1)21-9-11-23-13-14-24-12-10-22-18-6-2-4-8-20(18)26-16-15-25-19/h1-8,21-22H,9-16H2. The lowest BCUT2D eigenvalue weighted by atomic mass is 10.3. The third-order valence-corrected chi connectivity index (χ3v) is 3.87. The average molecular weight is 358 g/mol. The number of ether oxygens (including phenoxy) is 4. The van der Waals surface area contributed by atoms with Gasteiger partial charge in [-0.3, -0.25) is 0 Å². The normalized spacial score (nSPS) is 16.9. The summed E-state index contributed by atoms with van der Waals surface area (Å²) in [5.74, 6) is 1.62. The van der Waals surface area contributed by atoms with Crippen LogP contribution in [0.2, 0.25) is 0 Å². The molecular formula is C20H26N2O4. The lowest BCUT2D eigenvalue weighted by molar-refractivity contribution is 0.0556. The Hall–Kier alpha value is -2.44. The van der Waals surface area contributed by atoms with E-state index < -0.39 is 0 Å². The zero-order valence-electron chi connectivity index (χ0n) is 14.9. The van der Waals surface area contributed by atoms with Crippen molar-refractivity contribution in [1.82, 2.24) is 0 Å². The highest BCUT2D eigenvalue weighted by atomic mass is 16.5. The van der Waals surface area contributed by atoms with Gasteiger partial charge in [0, 0.05) is 13.1 Å². The Morgan fingerprint density at radius 3 is 1.50 bits per heavy atom. The Kier molecular flexibility index (Phi) is 7.43. The third kappa shape index (κ3) is 5.82. The van der Waals surface area contributed by atoms with E-state index in [-0.39, 0.29) is 0 Å². The Balaban J connectivity index is 1.62. The molecule has 6 heteroatoms. The highest BCUT2D eigenvalue weighted by molar-refractivity contribution is 5.57. The molecule has 0 spiro atoms. The fourth-order valence-electron chi connectivity index (χ4n) is 2.62. The number of para-hydroxylation sites is 4. The van der Waals surface area contributed by atoms with Gasteiger partial charge in [0.05, 0.1) is 37.8 Å². The molecule has 0 fully saturated rings. The summed E-state index contributed by atoms with van der Waals surface area (Å²) in [6, 6.07) is 15.8. The van der Waals surface area contributed by atoms with Crippen LogP contribution in [0, 0.1) is 0 Å². The molecule has 0 unspecified atom stereocenters. The molecule has 140 valence electrons. The minimum Gasteiger partial charge on any atom is -0.488 e. The average Bonchev–Trinajstić information content (AvgIpc) is 2.68. The summed E-state index contributed by atoms with van der Waals surface area (Å²) < 4.78 is 22.9. The molecule has 0 atom stereocenters. The van der Waals surface area contributed by atoms with Crippen LogP contribution < -0.4 is 20.1 Å². The van der Waals surface area contributed by atoms with E-state index in [9.17, 15) is 0 Å². The molecular weight excluding hydrogens is 332 g/mol. The number of nitrogens with one attached hydrogen (secondary N) is 2. The van der Waals surface area contributed by atoms with Gasteiger partial charge >= 0.3 is 0 Å². The predicted octanol–water partition coefficient (Wildman–Crippen LogP) is 3.02. The summed E-state index contributed by atoms with van der Waals surface area (Å²) in [7, 11) is 0. The van der Waals surface area contributed by atoms with Crippen molar-refractivity contribution in [1.29, 1.82) is 0 Å². The van der Waals surface area contributed by atoms with Crippen molar-refractivity contribution in [2.24, 2.45) is 0 Å². The first-order valence-electron chi connectivity index (χ1n) is 9.00. The van der Waals surface area contributed by atoms with Crippen LogP contribution in [0.1, 0.15) is 0 Å². The molecule has 2 aromatic carbocycles. The van der Waals surface area contributed by atoms with Gasteiger partial charge in [-0.05, 0) is 24.3 Å². The van der Waals surface area contributed by atoms with Gasteiger partial charge in [0.15, 0.2) is 0 Å². The van der Waals surface area contributed by atoms with Crippen molar-refractivity contribution < 1.29 is 18.9 Å². The maximum atomic E-state index is 5.88. The van der Waals surface area contributed by atoms with E-state index in [2.05, 4.69) is 10.6 Å². The maximum Gasteiger partial charge on any atom is 0.142 e. The van der Waals surface area contributed by atoms with Crippen LogP contribution in [0.4, 0.5) is 11.4 Å². The molecule has 2 aromatic rings. The second-order valence-electron chi connectivity index (χ2n) is 5.77. The first-order valence-corrected chi connectivity index (χ1v) is 9.00. The summed E-state index contributed by atoms with van der Waals surface area (Å²) in [5.41, 5.74) is 1.91. The fourth-order valence-corrected chi connectivity index (χ4v) is 2.62. The number of anilines is 2. The Labute approximate surface area is 154 Å². The van der Waals surface area contributed by atoms with Gasteiger partial charge in [-0.15, -0.1) is 0 Å². The second-order valence-corrected chi connectivity index (χ2v) is 5.77. The van der Waals surface area contributed by atoms with Crippen molar-refractivity contribution in [2.45, 2.75) is 0 Å². The molecule has 0 saturated heterocycles. The smallest absolute Gasteiger partial charge is 0.142 e. The predicted molar refractivity (Wildman–Crippen MR) is 102 cm³/mol. The zero-order chi connectivity index (χ0) is 17.9. The first-order chi connectivity index (χ1) is 12.9. The van der Waals surface area contributed by atoms with Gasteiger partial charge in [-0.1, -0.05) is 24.3 Å². The molecule has 0 bridgehead atoms. The molecule has 0 saturated carbocycles. The van der Waals surface area contributed by atoms with E-state index in [1.807, 2.05) is 48.5 Å². The number of rotatable bonds is 0. The van der Waals surface area contributed by atoms with Gasteiger partial charge in [0.2, 0.25) is 0 Å². The molecule has 26 heavy (non-hydrogen) atoms. The van der Waals surface area contributed by atoms with Crippen LogP contribution in [0.25, 0.3) is 0 Å². The number of benzene rings is 2.